The minimum Gasteiger partial charge on any atom is -0.364 e. The smallest absolute Gasteiger partial charge is 0.253 e. The molecule has 1 amide bonds. The SMILES string of the molecule is CCNC(=NCc1ccc(N2CC=CC2)cc1)NCc1ccc(C(=O)N(C)C)cc1. The predicted octanol–water partition coefficient (Wildman–Crippen LogP) is 3.02. The minimum atomic E-state index is 0.0106. The van der Waals surface area contributed by atoms with Gasteiger partial charge in [-0.15, -0.1) is 0 Å². The van der Waals surface area contributed by atoms with E-state index >= 15 is 0 Å². The summed E-state index contributed by atoms with van der Waals surface area (Å²) < 4.78 is 0. The number of benzene rings is 2. The third kappa shape index (κ3) is 5.86. The van der Waals surface area contributed by atoms with Crippen molar-refractivity contribution in [1.29, 1.82) is 0 Å². The van der Waals surface area contributed by atoms with E-state index in [1.54, 1.807) is 19.0 Å². The number of hydrogen-bond acceptors (Lipinski definition) is 3. The van der Waals surface area contributed by atoms with Crippen molar-refractivity contribution >= 4 is 17.6 Å². The molecule has 2 aromatic carbocycles. The van der Waals surface area contributed by atoms with Gasteiger partial charge in [0.2, 0.25) is 0 Å². The molecule has 2 N–H and O–H groups in total. The highest BCUT2D eigenvalue weighted by molar-refractivity contribution is 5.93. The highest BCUT2D eigenvalue weighted by Crippen LogP contribution is 2.18. The molecule has 6 nitrogen and oxygen atoms in total. The first-order chi connectivity index (χ1) is 14.6. The van der Waals surface area contributed by atoms with Gasteiger partial charge in [-0.3, -0.25) is 4.79 Å². The van der Waals surface area contributed by atoms with Crippen molar-refractivity contribution in [2.45, 2.75) is 20.0 Å². The summed E-state index contributed by atoms with van der Waals surface area (Å²) in [5.41, 5.74) is 4.21. The maximum atomic E-state index is 12.0. The maximum Gasteiger partial charge on any atom is 0.253 e. The number of anilines is 1. The zero-order valence-electron chi connectivity index (χ0n) is 18.1. The zero-order chi connectivity index (χ0) is 21.3. The molecule has 1 aliphatic heterocycles. The van der Waals surface area contributed by atoms with Crippen LogP contribution in [-0.4, -0.2) is 50.5 Å². The number of rotatable bonds is 7. The van der Waals surface area contributed by atoms with Crippen LogP contribution in [-0.2, 0) is 13.1 Å². The first-order valence-corrected chi connectivity index (χ1v) is 10.4. The van der Waals surface area contributed by atoms with Gasteiger partial charge in [-0.2, -0.15) is 0 Å². The average molecular weight is 406 g/mol. The fourth-order valence-corrected chi connectivity index (χ4v) is 3.22. The van der Waals surface area contributed by atoms with Crippen molar-refractivity contribution in [2.75, 3.05) is 38.6 Å². The van der Waals surface area contributed by atoms with Gasteiger partial charge in [0.25, 0.3) is 5.91 Å². The molecular formula is C24H31N5O. The van der Waals surface area contributed by atoms with E-state index in [9.17, 15) is 4.79 Å². The van der Waals surface area contributed by atoms with Gasteiger partial charge in [-0.1, -0.05) is 36.4 Å². The summed E-state index contributed by atoms with van der Waals surface area (Å²) in [6.45, 7) is 6.07. The third-order valence-corrected chi connectivity index (χ3v) is 4.95. The van der Waals surface area contributed by atoms with E-state index in [1.165, 1.54) is 11.3 Å². The number of guanidine groups is 1. The molecular weight excluding hydrogens is 374 g/mol. The quantitative estimate of drug-likeness (QED) is 0.422. The molecule has 1 aliphatic rings. The van der Waals surface area contributed by atoms with Crippen LogP contribution in [0.2, 0.25) is 0 Å². The maximum absolute atomic E-state index is 12.0. The Hall–Kier alpha value is -3.28. The van der Waals surface area contributed by atoms with E-state index in [0.29, 0.717) is 18.7 Å². The molecule has 0 aliphatic carbocycles. The molecule has 2 aromatic rings. The van der Waals surface area contributed by atoms with E-state index in [4.69, 9.17) is 4.99 Å². The Labute approximate surface area is 179 Å². The Kier molecular flexibility index (Phi) is 7.49. The van der Waals surface area contributed by atoms with Crippen molar-refractivity contribution in [3.8, 4) is 0 Å². The molecule has 0 fully saturated rings. The molecule has 30 heavy (non-hydrogen) atoms. The van der Waals surface area contributed by atoms with Gasteiger partial charge < -0.3 is 20.4 Å². The van der Waals surface area contributed by atoms with Crippen molar-refractivity contribution in [1.82, 2.24) is 15.5 Å². The van der Waals surface area contributed by atoms with Crippen LogP contribution < -0.4 is 15.5 Å². The van der Waals surface area contributed by atoms with Crippen molar-refractivity contribution in [3.05, 3.63) is 77.4 Å². The molecule has 0 spiro atoms. The number of hydrogen-bond donors (Lipinski definition) is 2. The summed E-state index contributed by atoms with van der Waals surface area (Å²) in [4.78, 5) is 20.6. The fourth-order valence-electron chi connectivity index (χ4n) is 3.22. The number of nitrogens with one attached hydrogen (secondary N) is 2. The number of aliphatic imine (C=N–C) groups is 1. The minimum absolute atomic E-state index is 0.0106. The van der Waals surface area contributed by atoms with Crippen molar-refractivity contribution < 1.29 is 4.79 Å². The first kappa shape index (κ1) is 21.4. The molecule has 6 heteroatoms. The molecule has 158 valence electrons. The van der Waals surface area contributed by atoms with E-state index in [2.05, 4.69) is 58.9 Å². The van der Waals surface area contributed by atoms with Crippen LogP contribution >= 0.6 is 0 Å². The number of carbonyl (C=O) groups excluding carboxylic acids is 1. The summed E-state index contributed by atoms with van der Waals surface area (Å²) in [6.07, 6.45) is 4.39. The van der Waals surface area contributed by atoms with E-state index < -0.39 is 0 Å². The summed E-state index contributed by atoms with van der Waals surface area (Å²) in [5.74, 6) is 0.787. The number of carbonyl (C=O) groups is 1. The summed E-state index contributed by atoms with van der Waals surface area (Å²) >= 11 is 0. The second-order valence-electron chi connectivity index (χ2n) is 7.49. The third-order valence-electron chi connectivity index (χ3n) is 4.95. The Morgan fingerprint density at radius 1 is 0.967 bits per heavy atom. The van der Waals surface area contributed by atoms with E-state index in [-0.39, 0.29) is 5.91 Å². The molecule has 3 rings (SSSR count). The Morgan fingerprint density at radius 2 is 1.60 bits per heavy atom. The largest absolute Gasteiger partial charge is 0.364 e. The molecule has 0 saturated heterocycles. The lowest BCUT2D eigenvalue weighted by Gasteiger charge is -2.17. The van der Waals surface area contributed by atoms with Gasteiger partial charge in [0.1, 0.15) is 0 Å². The van der Waals surface area contributed by atoms with Crippen LogP contribution in [0, 0.1) is 0 Å². The molecule has 0 unspecified atom stereocenters. The van der Waals surface area contributed by atoms with E-state index in [1.807, 2.05) is 24.3 Å². The molecule has 0 radical (unpaired) electrons. The lowest BCUT2D eigenvalue weighted by atomic mass is 10.1. The van der Waals surface area contributed by atoms with Crippen LogP contribution in [0.15, 0.2) is 65.7 Å². The molecule has 0 aromatic heterocycles. The first-order valence-electron chi connectivity index (χ1n) is 10.4. The van der Waals surface area contributed by atoms with Crippen molar-refractivity contribution in [3.63, 3.8) is 0 Å². The number of amides is 1. The van der Waals surface area contributed by atoms with Gasteiger partial charge in [-0.25, -0.2) is 4.99 Å². The Morgan fingerprint density at radius 3 is 2.20 bits per heavy atom. The number of nitrogens with zero attached hydrogens (tertiary/aromatic N) is 3. The zero-order valence-corrected chi connectivity index (χ0v) is 18.1. The van der Waals surface area contributed by atoms with Gasteiger partial charge in [0, 0.05) is 51.5 Å². The van der Waals surface area contributed by atoms with Gasteiger partial charge >= 0.3 is 0 Å². The monoisotopic (exact) mass is 405 g/mol. The van der Waals surface area contributed by atoms with Gasteiger partial charge in [0.05, 0.1) is 6.54 Å². The van der Waals surface area contributed by atoms with Crippen LogP contribution in [0.3, 0.4) is 0 Å². The average Bonchev–Trinajstić information content (AvgIpc) is 3.31. The second-order valence-corrected chi connectivity index (χ2v) is 7.49. The molecule has 0 saturated carbocycles. The van der Waals surface area contributed by atoms with E-state index in [0.717, 1.165) is 31.2 Å². The van der Waals surface area contributed by atoms with Gasteiger partial charge in [0.15, 0.2) is 5.96 Å². The summed E-state index contributed by atoms with van der Waals surface area (Å²) in [5, 5.41) is 6.65. The summed E-state index contributed by atoms with van der Waals surface area (Å²) in [6, 6.07) is 16.3. The standard InChI is InChI=1S/C24H31N5O/c1-4-25-24(26-17-19-7-11-21(12-8-19)23(30)28(2)3)27-18-20-9-13-22(14-10-20)29-15-5-6-16-29/h5-14H,4,15-18H2,1-3H3,(H2,25,26,27). The van der Waals surface area contributed by atoms with Crippen molar-refractivity contribution in [2.24, 2.45) is 4.99 Å². The normalized spacial score (nSPS) is 13.4. The lowest BCUT2D eigenvalue weighted by molar-refractivity contribution is 0.0827. The predicted molar refractivity (Wildman–Crippen MR) is 124 cm³/mol. The summed E-state index contributed by atoms with van der Waals surface area (Å²) in [7, 11) is 3.52. The molecule has 1 heterocycles. The van der Waals surface area contributed by atoms with Crippen LogP contribution in [0.4, 0.5) is 5.69 Å². The van der Waals surface area contributed by atoms with Crippen LogP contribution in [0.25, 0.3) is 0 Å². The highest BCUT2D eigenvalue weighted by Gasteiger charge is 2.08. The van der Waals surface area contributed by atoms with Gasteiger partial charge in [-0.05, 0) is 42.3 Å². The second kappa shape index (κ2) is 10.5. The topological polar surface area (TPSA) is 60.0 Å². The lowest BCUT2D eigenvalue weighted by Crippen LogP contribution is -2.36. The van der Waals surface area contributed by atoms with Crippen LogP contribution in [0.5, 0.6) is 0 Å². The van der Waals surface area contributed by atoms with Crippen LogP contribution in [0.1, 0.15) is 28.4 Å². The fraction of sp³-hybridized carbons (Fsp3) is 0.333. The molecule has 0 bridgehead atoms. The molecule has 0 atom stereocenters. The Bertz CT molecular complexity index is 877. The Balaban J connectivity index is 1.56. The highest BCUT2D eigenvalue weighted by atomic mass is 16.2.